The van der Waals surface area contributed by atoms with Crippen LogP contribution in [-0.4, -0.2) is 56.5 Å². The molecule has 0 aliphatic carbocycles. The maximum atomic E-state index is 9.32. The van der Waals surface area contributed by atoms with Gasteiger partial charge in [0.15, 0.2) is 17.0 Å². The van der Waals surface area contributed by atoms with Crippen LogP contribution in [0.3, 0.4) is 0 Å². The molecule has 0 aliphatic heterocycles. The molecular formula is C19H28N6O2. The third kappa shape index (κ3) is 4.53. The van der Waals surface area contributed by atoms with E-state index in [4.69, 9.17) is 5.11 Å². The van der Waals surface area contributed by atoms with E-state index in [-0.39, 0.29) is 18.7 Å². The van der Waals surface area contributed by atoms with Gasteiger partial charge in [-0.05, 0) is 32.9 Å². The maximum Gasteiger partial charge on any atom is 0.227 e. The second kappa shape index (κ2) is 9.29. The molecule has 2 heterocycles. The van der Waals surface area contributed by atoms with Gasteiger partial charge in [0.1, 0.15) is 0 Å². The minimum atomic E-state index is -0.136. The Morgan fingerprint density at radius 2 is 1.78 bits per heavy atom. The van der Waals surface area contributed by atoms with E-state index in [1.165, 1.54) is 0 Å². The van der Waals surface area contributed by atoms with Crippen molar-refractivity contribution in [3.63, 3.8) is 0 Å². The molecule has 1 unspecified atom stereocenters. The zero-order valence-electron chi connectivity index (χ0n) is 16.5. The van der Waals surface area contributed by atoms with E-state index < -0.39 is 0 Å². The highest BCUT2D eigenvalue weighted by atomic mass is 16.3. The second-order valence-corrected chi connectivity index (χ2v) is 6.41. The van der Waals surface area contributed by atoms with Crippen LogP contribution in [0.4, 0.5) is 17.5 Å². The van der Waals surface area contributed by atoms with Crippen molar-refractivity contribution >= 4 is 28.6 Å². The number of rotatable bonds is 6. The summed E-state index contributed by atoms with van der Waals surface area (Å²) in [4.78, 5) is 15.8. The third-order valence-corrected chi connectivity index (χ3v) is 4.07. The standard InChI is InChI=1S/C18H24N6O.CH4O/c1-12(2)24-11-19-15-16(23(4)14-8-6-5-7-9-14)21-18(22-17(15)24)20-13(3)10-25;1-2/h5-9,11-13,25H,10H2,1-4H3,(H,20,21,22);2H,1H3. The van der Waals surface area contributed by atoms with E-state index in [1.54, 1.807) is 6.33 Å². The quantitative estimate of drug-likeness (QED) is 0.611. The third-order valence-electron chi connectivity index (χ3n) is 4.07. The molecule has 0 saturated heterocycles. The molecule has 0 fully saturated rings. The number of nitrogens with zero attached hydrogens (tertiary/aromatic N) is 5. The summed E-state index contributed by atoms with van der Waals surface area (Å²) in [6.07, 6.45) is 1.80. The van der Waals surface area contributed by atoms with Crippen LogP contribution in [0.15, 0.2) is 36.7 Å². The van der Waals surface area contributed by atoms with Crippen LogP contribution < -0.4 is 10.2 Å². The molecule has 8 nitrogen and oxygen atoms in total. The van der Waals surface area contributed by atoms with Crippen molar-refractivity contribution in [1.82, 2.24) is 19.5 Å². The molecule has 2 aromatic heterocycles. The number of hydrogen-bond acceptors (Lipinski definition) is 7. The average Bonchev–Trinajstić information content (AvgIpc) is 3.13. The Hall–Kier alpha value is -2.71. The second-order valence-electron chi connectivity index (χ2n) is 6.41. The van der Waals surface area contributed by atoms with Gasteiger partial charge in [-0.3, -0.25) is 0 Å². The topological polar surface area (TPSA) is 99.3 Å². The Balaban J connectivity index is 0.00000126. The van der Waals surface area contributed by atoms with E-state index in [0.29, 0.717) is 5.95 Å². The van der Waals surface area contributed by atoms with Crippen molar-refractivity contribution in [3.8, 4) is 0 Å². The zero-order chi connectivity index (χ0) is 20.0. The number of para-hydroxylation sites is 1. The number of aliphatic hydroxyl groups excluding tert-OH is 2. The van der Waals surface area contributed by atoms with Crippen LogP contribution in [0.1, 0.15) is 26.8 Å². The van der Waals surface area contributed by atoms with Gasteiger partial charge in [0.25, 0.3) is 0 Å². The number of imidazole rings is 1. The van der Waals surface area contributed by atoms with Gasteiger partial charge in [0.05, 0.1) is 12.9 Å². The van der Waals surface area contributed by atoms with Gasteiger partial charge in [0.2, 0.25) is 5.95 Å². The van der Waals surface area contributed by atoms with Gasteiger partial charge in [-0.2, -0.15) is 9.97 Å². The summed E-state index contributed by atoms with van der Waals surface area (Å²) in [5.74, 6) is 1.21. The van der Waals surface area contributed by atoms with Gasteiger partial charge >= 0.3 is 0 Å². The predicted octanol–water partition coefficient (Wildman–Crippen LogP) is 2.58. The van der Waals surface area contributed by atoms with Gasteiger partial charge in [-0.1, -0.05) is 18.2 Å². The van der Waals surface area contributed by atoms with Crippen LogP contribution in [0, 0.1) is 0 Å². The molecule has 3 N–H and O–H groups in total. The van der Waals surface area contributed by atoms with Gasteiger partial charge in [-0.25, -0.2) is 4.98 Å². The lowest BCUT2D eigenvalue weighted by Crippen LogP contribution is -2.22. The van der Waals surface area contributed by atoms with Crippen molar-refractivity contribution in [3.05, 3.63) is 36.7 Å². The number of aliphatic hydroxyl groups is 2. The summed E-state index contributed by atoms with van der Waals surface area (Å²) in [6.45, 7) is 6.07. The van der Waals surface area contributed by atoms with E-state index in [2.05, 4.69) is 34.1 Å². The van der Waals surface area contributed by atoms with Crippen molar-refractivity contribution in [2.75, 3.05) is 31.0 Å². The molecule has 0 saturated carbocycles. The Bertz CT molecular complexity index is 850. The van der Waals surface area contributed by atoms with Crippen LogP contribution in [0.2, 0.25) is 0 Å². The minimum Gasteiger partial charge on any atom is -0.400 e. The molecule has 8 heteroatoms. The number of aromatic nitrogens is 4. The summed E-state index contributed by atoms with van der Waals surface area (Å²) >= 11 is 0. The monoisotopic (exact) mass is 372 g/mol. The Kier molecular flexibility index (Phi) is 7.09. The van der Waals surface area contributed by atoms with Crippen LogP contribution in [-0.2, 0) is 0 Å². The van der Waals surface area contributed by atoms with E-state index in [0.717, 1.165) is 29.8 Å². The average molecular weight is 372 g/mol. The van der Waals surface area contributed by atoms with Crippen molar-refractivity contribution in [2.45, 2.75) is 32.9 Å². The number of anilines is 3. The normalized spacial score (nSPS) is 11.9. The van der Waals surface area contributed by atoms with Crippen molar-refractivity contribution < 1.29 is 10.2 Å². The highest BCUT2D eigenvalue weighted by molar-refractivity contribution is 5.87. The molecule has 0 aliphatic rings. The number of fused-ring (bicyclic) bond motifs is 1. The fraction of sp³-hybridized carbons (Fsp3) is 0.421. The fourth-order valence-corrected chi connectivity index (χ4v) is 2.62. The summed E-state index contributed by atoms with van der Waals surface area (Å²) in [6, 6.07) is 10.1. The smallest absolute Gasteiger partial charge is 0.227 e. The molecule has 0 amide bonds. The lowest BCUT2D eigenvalue weighted by Gasteiger charge is -2.20. The molecule has 1 atom stereocenters. The Labute approximate surface area is 159 Å². The first-order valence-corrected chi connectivity index (χ1v) is 8.86. The summed E-state index contributed by atoms with van der Waals surface area (Å²) < 4.78 is 2.02. The summed E-state index contributed by atoms with van der Waals surface area (Å²) in [5.41, 5.74) is 2.54. The number of hydrogen-bond donors (Lipinski definition) is 3. The van der Waals surface area contributed by atoms with Gasteiger partial charge in [-0.15, -0.1) is 0 Å². The summed E-state index contributed by atoms with van der Waals surface area (Å²) in [5, 5.41) is 19.5. The zero-order valence-corrected chi connectivity index (χ0v) is 16.5. The van der Waals surface area contributed by atoms with Gasteiger partial charge in [0, 0.05) is 31.9 Å². The summed E-state index contributed by atoms with van der Waals surface area (Å²) in [7, 11) is 2.96. The number of nitrogens with one attached hydrogen (secondary N) is 1. The fourth-order valence-electron chi connectivity index (χ4n) is 2.62. The van der Waals surface area contributed by atoms with Crippen LogP contribution >= 0.6 is 0 Å². The first kappa shape index (κ1) is 20.6. The molecule has 1 aromatic carbocycles. The molecule has 0 bridgehead atoms. The molecule has 0 spiro atoms. The first-order chi connectivity index (χ1) is 13.0. The maximum absolute atomic E-state index is 9.32. The lowest BCUT2D eigenvalue weighted by atomic mass is 10.3. The predicted molar refractivity (Wildman–Crippen MR) is 109 cm³/mol. The van der Waals surface area contributed by atoms with Crippen LogP contribution in [0.5, 0.6) is 0 Å². The number of benzene rings is 1. The first-order valence-electron chi connectivity index (χ1n) is 8.86. The molecule has 146 valence electrons. The molecule has 27 heavy (non-hydrogen) atoms. The minimum absolute atomic E-state index is 0.00863. The highest BCUT2D eigenvalue weighted by Gasteiger charge is 2.19. The molecule has 3 aromatic rings. The largest absolute Gasteiger partial charge is 0.400 e. The molecular weight excluding hydrogens is 344 g/mol. The van der Waals surface area contributed by atoms with E-state index in [9.17, 15) is 5.11 Å². The van der Waals surface area contributed by atoms with Gasteiger partial charge < -0.3 is 25.0 Å². The van der Waals surface area contributed by atoms with Crippen LogP contribution in [0.25, 0.3) is 11.2 Å². The van der Waals surface area contributed by atoms with Crippen molar-refractivity contribution in [1.29, 1.82) is 0 Å². The lowest BCUT2D eigenvalue weighted by molar-refractivity contribution is 0.281. The molecule has 3 rings (SSSR count). The van der Waals surface area contributed by atoms with E-state index in [1.807, 2.05) is 53.8 Å². The van der Waals surface area contributed by atoms with Crippen molar-refractivity contribution in [2.24, 2.45) is 0 Å². The Morgan fingerprint density at radius 1 is 1.11 bits per heavy atom. The Morgan fingerprint density at radius 3 is 2.37 bits per heavy atom. The SMILES string of the molecule is CC(CO)Nc1nc(N(C)c2ccccc2)c2ncn(C(C)C)c2n1.CO. The highest BCUT2D eigenvalue weighted by Crippen LogP contribution is 2.30. The van der Waals surface area contributed by atoms with E-state index >= 15 is 0 Å². The molecule has 0 radical (unpaired) electrons.